The highest BCUT2D eigenvalue weighted by Gasteiger charge is 2.04. The van der Waals surface area contributed by atoms with E-state index in [1.54, 1.807) is 4.68 Å². The number of nitrogens with zero attached hydrogens (tertiary/aromatic N) is 3. The molecule has 0 fully saturated rings. The van der Waals surface area contributed by atoms with Crippen LogP contribution in [0.15, 0.2) is 24.5 Å². The molecule has 19 heavy (non-hydrogen) atoms. The van der Waals surface area contributed by atoms with Gasteiger partial charge in [-0.3, -0.25) is 4.68 Å². The van der Waals surface area contributed by atoms with E-state index >= 15 is 0 Å². The summed E-state index contributed by atoms with van der Waals surface area (Å²) in [5.74, 6) is 0. The number of aliphatic hydroxyl groups excluding tert-OH is 1. The minimum atomic E-state index is 0.138. The first-order valence-corrected chi connectivity index (χ1v) is 7.35. The fraction of sp³-hybridized carbons (Fsp3) is 0.500. The van der Waals surface area contributed by atoms with Crippen molar-refractivity contribution in [3.05, 3.63) is 39.8 Å². The number of hydrogen-bond donors (Lipinski definition) is 1. The number of aliphatic hydroxyl groups is 1. The first-order valence-electron chi connectivity index (χ1n) is 6.53. The minimum absolute atomic E-state index is 0.138. The Morgan fingerprint density at radius 2 is 2.26 bits per heavy atom. The monoisotopic (exact) mass is 279 g/mol. The molecule has 0 aliphatic heterocycles. The maximum Gasteiger partial charge on any atom is 0.0640 e. The summed E-state index contributed by atoms with van der Waals surface area (Å²) in [5, 5.41) is 13.1. The first-order chi connectivity index (χ1) is 9.17. The van der Waals surface area contributed by atoms with E-state index in [9.17, 15) is 0 Å². The lowest BCUT2D eigenvalue weighted by atomic mass is 10.2. The molecule has 0 bridgehead atoms. The summed E-state index contributed by atoms with van der Waals surface area (Å²) in [4.78, 5) is 5.11. The lowest BCUT2D eigenvalue weighted by molar-refractivity contribution is 0.269. The van der Waals surface area contributed by atoms with Gasteiger partial charge in [0.15, 0.2) is 0 Å². The molecule has 2 aromatic rings. The number of aromatic nitrogens is 2. The zero-order valence-corrected chi connectivity index (χ0v) is 12.4. The lowest BCUT2D eigenvalue weighted by Crippen LogP contribution is -2.20. The van der Waals surface area contributed by atoms with E-state index in [2.05, 4.69) is 36.1 Å². The molecular formula is C14H21N3OS. The normalized spacial score (nSPS) is 11.4. The van der Waals surface area contributed by atoms with Crippen LogP contribution in [0.3, 0.4) is 0 Å². The van der Waals surface area contributed by atoms with Gasteiger partial charge in [0, 0.05) is 29.0 Å². The molecule has 0 spiro atoms. The standard InChI is InChI=1S/C14H21N3OS/c1-12-3-4-14(19-12)11-16(2)6-5-13-9-15-17(10-13)7-8-18/h3-4,9-10,18H,5-8,11H2,1-2H3. The fourth-order valence-corrected chi connectivity index (χ4v) is 2.97. The maximum absolute atomic E-state index is 8.85. The molecule has 1 N–H and O–H groups in total. The highest BCUT2D eigenvalue weighted by molar-refractivity contribution is 7.11. The molecule has 0 aliphatic carbocycles. The quantitative estimate of drug-likeness (QED) is 0.842. The van der Waals surface area contributed by atoms with Crippen LogP contribution in [-0.4, -0.2) is 40.0 Å². The summed E-state index contributed by atoms with van der Waals surface area (Å²) in [5.41, 5.74) is 1.22. The molecule has 2 aromatic heterocycles. The predicted molar refractivity (Wildman–Crippen MR) is 78.4 cm³/mol. The van der Waals surface area contributed by atoms with Crippen LogP contribution in [0.1, 0.15) is 15.3 Å². The molecule has 0 radical (unpaired) electrons. The zero-order chi connectivity index (χ0) is 13.7. The van der Waals surface area contributed by atoms with E-state index < -0.39 is 0 Å². The Balaban J connectivity index is 1.77. The van der Waals surface area contributed by atoms with Crippen molar-refractivity contribution in [1.82, 2.24) is 14.7 Å². The molecule has 0 amide bonds. The largest absolute Gasteiger partial charge is 0.394 e. The number of likely N-dealkylation sites (N-methyl/N-ethyl adjacent to an activating group) is 1. The second-order valence-electron chi connectivity index (χ2n) is 4.84. The molecule has 5 heteroatoms. The maximum atomic E-state index is 8.85. The number of hydrogen-bond acceptors (Lipinski definition) is 4. The van der Waals surface area contributed by atoms with Gasteiger partial charge in [-0.15, -0.1) is 11.3 Å². The van der Waals surface area contributed by atoms with Gasteiger partial charge in [0.25, 0.3) is 0 Å². The van der Waals surface area contributed by atoms with Gasteiger partial charge in [-0.2, -0.15) is 5.10 Å². The molecule has 0 unspecified atom stereocenters. The van der Waals surface area contributed by atoms with Crippen LogP contribution >= 0.6 is 11.3 Å². The van der Waals surface area contributed by atoms with Crippen molar-refractivity contribution < 1.29 is 5.11 Å². The molecule has 0 atom stereocenters. The first kappa shape index (κ1) is 14.2. The molecule has 104 valence electrons. The van der Waals surface area contributed by atoms with Gasteiger partial charge in [-0.05, 0) is 38.1 Å². The van der Waals surface area contributed by atoms with Crippen LogP contribution in [0.4, 0.5) is 0 Å². The third kappa shape index (κ3) is 4.45. The molecule has 2 rings (SSSR count). The molecular weight excluding hydrogens is 258 g/mol. The van der Waals surface area contributed by atoms with Crippen molar-refractivity contribution in [2.24, 2.45) is 0 Å². The minimum Gasteiger partial charge on any atom is -0.394 e. The van der Waals surface area contributed by atoms with Gasteiger partial charge < -0.3 is 10.0 Å². The topological polar surface area (TPSA) is 41.3 Å². The third-order valence-electron chi connectivity index (χ3n) is 3.02. The number of thiophene rings is 1. The third-order valence-corrected chi connectivity index (χ3v) is 4.01. The lowest BCUT2D eigenvalue weighted by Gasteiger charge is -2.14. The fourth-order valence-electron chi connectivity index (χ4n) is 2.00. The summed E-state index contributed by atoms with van der Waals surface area (Å²) in [6.45, 7) is 4.87. The Labute approximate surface area is 118 Å². The zero-order valence-electron chi connectivity index (χ0n) is 11.5. The average Bonchev–Trinajstić information content (AvgIpc) is 2.97. The van der Waals surface area contributed by atoms with Crippen LogP contribution in [-0.2, 0) is 19.5 Å². The van der Waals surface area contributed by atoms with Gasteiger partial charge in [0.05, 0.1) is 19.3 Å². The van der Waals surface area contributed by atoms with Gasteiger partial charge in [-0.1, -0.05) is 0 Å². The molecule has 0 aliphatic rings. The van der Waals surface area contributed by atoms with Crippen molar-refractivity contribution in [2.75, 3.05) is 20.2 Å². The Bertz CT molecular complexity index is 506. The van der Waals surface area contributed by atoms with Gasteiger partial charge in [0.2, 0.25) is 0 Å². The number of aryl methyl sites for hydroxylation is 1. The number of rotatable bonds is 7. The van der Waals surface area contributed by atoms with Gasteiger partial charge in [0.1, 0.15) is 0 Å². The Morgan fingerprint density at radius 3 is 2.95 bits per heavy atom. The van der Waals surface area contributed by atoms with Crippen molar-refractivity contribution in [1.29, 1.82) is 0 Å². The summed E-state index contributed by atoms with van der Waals surface area (Å²) >= 11 is 1.86. The Morgan fingerprint density at radius 1 is 1.42 bits per heavy atom. The Kier molecular flexibility index (Phi) is 5.13. The van der Waals surface area contributed by atoms with Crippen molar-refractivity contribution in [3.8, 4) is 0 Å². The second-order valence-corrected chi connectivity index (χ2v) is 6.21. The molecule has 0 aromatic carbocycles. The van der Waals surface area contributed by atoms with E-state index in [0.717, 1.165) is 19.5 Å². The summed E-state index contributed by atoms with van der Waals surface area (Å²) in [7, 11) is 2.15. The summed E-state index contributed by atoms with van der Waals surface area (Å²) in [6, 6.07) is 4.38. The predicted octanol–water partition coefficient (Wildman–Crippen LogP) is 1.92. The van der Waals surface area contributed by atoms with E-state index in [0.29, 0.717) is 6.54 Å². The smallest absolute Gasteiger partial charge is 0.0640 e. The van der Waals surface area contributed by atoms with Gasteiger partial charge in [-0.25, -0.2) is 0 Å². The van der Waals surface area contributed by atoms with Crippen LogP contribution in [0.2, 0.25) is 0 Å². The Hall–Kier alpha value is -1.17. The summed E-state index contributed by atoms with van der Waals surface area (Å²) < 4.78 is 1.79. The van der Waals surface area contributed by atoms with Gasteiger partial charge >= 0.3 is 0 Å². The van der Waals surface area contributed by atoms with E-state index in [-0.39, 0.29) is 6.61 Å². The summed E-state index contributed by atoms with van der Waals surface area (Å²) in [6.07, 6.45) is 4.89. The van der Waals surface area contributed by atoms with Crippen molar-refractivity contribution >= 4 is 11.3 Å². The van der Waals surface area contributed by atoms with E-state index in [4.69, 9.17) is 5.11 Å². The molecule has 0 saturated carbocycles. The van der Waals surface area contributed by atoms with Crippen LogP contribution in [0.25, 0.3) is 0 Å². The highest BCUT2D eigenvalue weighted by atomic mass is 32.1. The van der Waals surface area contributed by atoms with Crippen LogP contribution < -0.4 is 0 Å². The molecule has 4 nitrogen and oxygen atoms in total. The van der Waals surface area contributed by atoms with Crippen molar-refractivity contribution in [2.45, 2.75) is 26.4 Å². The van der Waals surface area contributed by atoms with Crippen LogP contribution in [0.5, 0.6) is 0 Å². The second kappa shape index (κ2) is 6.84. The average molecular weight is 279 g/mol. The molecule has 2 heterocycles. The molecule has 0 saturated heterocycles. The van der Waals surface area contributed by atoms with Crippen molar-refractivity contribution in [3.63, 3.8) is 0 Å². The van der Waals surface area contributed by atoms with E-state index in [1.807, 2.05) is 23.7 Å². The highest BCUT2D eigenvalue weighted by Crippen LogP contribution is 2.16. The van der Waals surface area contributed by atoms with E-state index in [1.165, 1.54) is 15.3 Å². The SMILES string of the molecule is Cc1ccc(CN(C)CCc2cnn(CCO)c2)s1. The van der Waals surface area contributed by atoms with Crippen LogP contribution in [0, 0.1) is 6.92 Å².